The topological polar surface area (TPSA) is 59.8 Å². The summed E-state index contributed by atoms with van der Waals surface area (Å²) < 4.78 is 10.9. The Morgan fingerprint density at radius 2 is 1.70 bits per heavy atom. The lowest BCUT2D eigenvalue weighted by Crippen LogP contribution is -2.33. The quantitative estimate of drug-likeness (QED) is 0.535. The van der Waals surface area contributed by atoms with Crippen LogP contribution in [0.25, 0.3) is 0 Å². The lowest BCUT2D eigenvalue weighted by atomic mass is 10.0. The number of nitrogens with zero attached hydrogens (tertiary/aromatic N) is 1. The first kappa shape index (κ1) is 16.8. The number of nitrogens with two attached hydrogens (primary N) is 1. The highest BCUT2D eigenvalue weighted by Crippen LogP contribution is 2.35. The average Bonchev–Trinajstić information content (AvgIpc) is 2.51. The fraction of sp³-hybridized carbons (Fsp3) is 0.600. The van der Waals surface area contributed by atoms with Crippen LogP contribution in [0.1, 0.15) is 31.9 Å². The van der Waals surface area contributed by atoms with E-state index in [9.17, 15) is 0 Å². The molecule has 1 atom stereocenters. The smallest absolute Gasteiger partial charge is 0.127 e. The van der Waals surface area contributed by atoms with E-state index in [-0.39, 0.29) is 6.04 Å². The highest BCUT2D eigenvalue weighted by molar-refractivity contribution is 5.46. The first-order chi connectivity index (χ1) is 9.71. The number of methoxy groups -OCH3 is 2. The molecule has 0 radical (unpaired) electrons. The van der Waals surface area contributed by atoms with Crippen LogP contribution in [0.4, 0.5) is 0 Å². The lowest BCUT2D eigenvalue weighted by Gasteiger charge is -2.25. The summed E-state index contributed by atoms with van der Waals surface area (Å²) in [5.74, 6) is 7.34. The van der Waals surface area contributed by atoms with Gasteiger partial charge in [0.25, 0.3) is 0 Å². The number of ether oxygens (including phenoxy) is 2. The second-order valence-corrected chi connectivity index (χ2v) is 4.61. The van der Waals surface area contributed by atoms with E-state index in [2.05, 4.69) is 24.2 Å². The van der Waals surface area contributed by atoms with Crippen molar-refractivity contribution in [3.8, 4) is 11.5 Å². The third-order valence-corrected chi connectivity index (χ3v) is 3.64. The normalized spacial score (nSPS) is 12.5. The number of hydrogen-bond donors (Lipinski definition) is 2. The van der Waals surface area contributed by atoms with Gasteiger partial charge in [-0.1, -0.05) is 19.9 Å². The summed E-state index contributed by atoms with van der Waals surface area (Å²) in [5.41, 5.74) is 3.86. The average molecular weight is 281 g/mol. The molecule has 1 aromatic rings. The van der Waals surface area contributed by atoms with Crippen LogP contribution >= 0.6 is 0 Å². The Balaban J connectivity index is 2.93. The second-order valence-electron chi connectivity index (χ2n) is 4.61. The molecule has 114 valence electrons. The molecule has 20 heavy (non-hydrogen) atoms. The summed E-state index contributed by atoms with van der Waals surface area (Å²) in [4.78, 5) is 2.37. The maximum Gasteiger partial charge on any atom is 0.127 e. The summed E-state index contributed by atoms with van der Waals surface area (Å²) in [6, 6.07) is 5.78. The van der Waals surface area contributed by atoms with E-state index in [0.29, 0.717) is 0 Å². The summed E-state index contributed by atoms with van der Waals surface area (Å²) in [7, 11) is 3.33. The van der Waals surface area contributed by atoms with E-state index in [1.165, 1.54) is 0 Å². The van der Waals surface area contributed by atoms with Gasteiger partial charge in [-0.15, -0.1) is 0 Å². The Kier molecular flexibility index (Phi) is 7.36. The van der Waals surface area contributed by atoms with Gasteiger partial charge in [0.1, 0.15) is 11.5 Å². The van der Waals surface area contributed by atoms with E-state index in [4.69, 9.17) is 15.3 Å². The van der Waals surface area contributed by atoms with Gasteiger partial charge in [-0.25, -0.2) is 0 Å². The first-order valence-electron chi connectivity index (χ1n) is 7.11. The van der Waals surface area contributed by atoms with Gasteiger partial charge in [-0.2, -0.15) is 0 Å². The molecule has 0 amide bonds. The van der Waals surface area contributed by atoms with E-state index in [0.717, 1.165) is 43.1 Å². The van der Waals surface area contributed by atoms with Crippen LogP contribution < -0.4 is 20.7 Å². The Labute approximate surface area is 122 Å². The van der Waals surface area contributed by atoms with Crippen molar-refractivity contribution < 1.29 is 9.47 Å². The van der Waals surface area contributed by atoms with Crippen LogP contribution in [0.15, 0.2) is 18.2 Å². The molecule has 0 heterocycles. The van der Waals surface area contributed by atoms with Crippen molar-refractivity contribution in [2.24, 2.45) is 5.84 Å². The van der Waals surface area contributed by atoms with Gasteiger partial charge in [0.15, 0.2) is 0 Å². The largest absolute Gasteiger partial charge is 0.496 e. The Bertz CT molecular complexity index is 372. The highest BCUT2D eigenvalue weighted by Gasteiger charge is 2.20. The molecule has 0 bridgehead atoms. The van der Waals surface area contributed by atoms with E-state index in [1.807, 2.05) is 18.2 Å². The molecular weight excluding hydrogens is 254 g/mol. The van der Waals surface area contributed by atoms with Crippen molar-refractivity contribution in [1.82, 2.24) is 10.3 Å². The van der Waals surface area contributed by atoms with Gasteiger partial charge in [0.2, 0.25) is 0 Å². The van der Waals surface area contributed by atoms with Crippen LogP contribution in [-0.2, 0) is 0 Å². The number of nitrogens with one attached hydrogen (secondary N) is 1. The minimum absolute atomic E-state index is 0.00157. The van der Waals surface area contributed by atoms with Crippen LogP contribution in [0.5, 0.6) is 11.5 Å². The molecule has 0 fully saturated rings. The zero-order chi connectivity index (χ0) is 15.0. The van der Waals surface area contributed by atoms with Crippen LogP contribution in [-0.4, -0.2) is 38.8 Å². The number of benzene rings is 1. The van der Waals surface area contributed by atoms with Crippen LogP contribution in [0.3, 0.4) is 0 Å². The first-order valence-corrected chi connectivity index (χ1v) is 7.11. The third kappa shape index (κ3) is 4.10. The zero-order valence-corrected chi connectivity index (χ0v) is 13.0. The van der Waals surface area contributed by atoms with Gasteiger partial charge in [0.05, 0.1) is 25.8 Å². The summed E-state index contributed by atoms with van der Waals surface area (Å²) in [6.45, 7) is 7.38. The SMILES string of the molecule is CCN(CC)CCC(NN)c1c(OC)cccc1OC. The van der Waals surface area contributed by atoms with Crippen molar-refractivity contribution in [2.75, 3.05) is 33.9 Å². The van der Waals surface area contributed by atoms with Crippen molar-refractivity contribution in [3.05, 3.63) is 23.8 Å². The Hall–Kier alpha value is -1.30. The van der Waals surface area contributed by atoms with Gasteiger partial charge in [-0.05, 0) is 38.2 Å². The molecule has 0 saturated heterocycles. The standard InChI is InChI=1S/C15H27N3O2/c1-5-18(6-2)11-10-12(17-16)15-13(19-3)8-7-9-14(15)20-4/h7-9,12,17H,5-6,10-11,16H2,1-4H3. The van der Waals surface area contributed by atoms with Crippen LogP contribution in [0, 0.1) is 0 Å². The fourth-order valence-electron chi connectivity index (χ4n) is 2.39. The fourth-order valence-corrected chi connectivity index (χ4v) is 2.39. The second kappa shape index (κ2) is 8.79. The van der Waals surface area contributed by atoms with Crippen LogP contribution in [0.2, 0.25) is 0 Å². The molecule has 0 aromatic heterocycles. The summed E-state index contributed by atoms with van der Waals surface area (Å²) in [6.07, 6.45) is 0.898. The number of rotatable bonds is 9. The van der Waals surface area contributed by atoms with Crippen molar-refractivity contribution in [3.63, 3.8) is 0 Å². The van der Waals surface area contributed by atoms with Gasteiger partial charge in [0, 0.05) is 0 Å². The predicted octanol–water partition coefficient (Wildman–Crippen LogP) is 1.94. The maximum atomic E-state index is 5.74. The molecule has 1 unspecified atom stereocenters. The molecule has 3 N–H and O–H groups in total. The molecule has 1 aromatic carbocycles. The highest BCUT2D eigenvalue weighted by atomic mass is 16.5. The molecule has 0 spiro atoms. The van der Waals surface area contributed by atoms with Crippen molar-refractivity contribution in [2.45, 2.75) is 26.3 Å². The van der Waals surface area contributed by atoms with E-state index >= 15 is 0 Å². The van der Waals surface area contributed by atoms with Crippen molar-refractivity contribution in [1.29, 1.82) is 0 Å². The third-order valence-electron chi connectivity index (χ3n) is 3.64. The molecular formula is C15H27N3O2. The monoisotopic (exact) mass is 281 g/mol. The minimum Gasteiger partial charge on any atom is -0.496 e. The number of hydrazine groups is 1. The molecule has 0 aliphatic rings. The van der Waals surface area contributed by atoms with Crippen molar-refractivity contribution >= 4 is 0 Å². The molecule has 0 aliphatic carbocycles. The summed E-state index contributed by atoms with van der Waals surface area (Å²) in [5, 5.41) is 0. The van der Waals surface area contributed by atoms with Gasteiger partial charge in [-0.3, -0.25) is 11.3 Å². The lowest BCUT2D eigenvalue weighted by molar-refractivity contribution is 0.277. The van der Waals surface area contributed by atoms with Gasteiger partial charge < -0.3 is 14.4 Å². The zero-order valence-electron chi connectivity index (χ0n) is 13.0. The summed E-state index contributed by atoms with van der Waals surface area (Å²) >= 11 is 0. The minimum atomic E-state index is 0.00157. The molecule has 0 aliphatic heterocycles. The predicted molar refractivity (Wildman–Crippen MR) is 82.0 cm³/mol. The molecule has 5 nitrogen and oxygen atoms in total. The Morgan fingerprint density at radius 3 is 2.10 bits per heavy atom. The molecule has 1 rings (SSSR count). The molecule has 5 heteroatoms. The van der Waals surface area contributed by atoms with E-state index < -0.39 is 0 Å². The van der Waals surface area contributed by atoms with E-state index in [1.54, 1.807) is 14.2 Å². The molecule has 0 saturated carbocycles. The van der Waals surface area contributed by atoms with Gasteiger partial charge >= 0.3 is 0 Å². The maximum absolute atomic E-state index is 5.74. The Morgan fingerprint density at radius 1 is 1.15 bits per heavy atom. The number of hydrogen-bond acceptors (Lipinski definition) is 5.